The molecule has 112 valence electrons. The molecular weight excluding hydrogens is 260 g/mol. The van der Waals surface area contributed by atoms with E-state index in [0.29, 0.717) is 18.7 Å². The van der Waals surface area contributed by atoms with Gasteiger partial charge in [-0.3, -0.25) is 4.90 Å². The summed E-state index contributed by atoms with van der Waals surface area (Å²) in [7, 11) is 0. The van der Waals surface area contributed by atoms with Gasteiger partial charge in [-0.25, -0.2) is 0 Å². The van der Waals surface area contributed by atoms with E-state index in [2.05, 4.69) is 34.9 Å². The zero-order valence-corrected chi connectivity index (χ0v) is 12.6. The summed E-state index contributed by atoms with van der Waals surface area (Å²) in [6.45, 7) is 3.27. The van der Waals surface area contributed by atoms with Crippen LogP contribution in [0.25, 0.3) is 0 Å². The molecular formula is C18H24N2O. The van der Waals surface area contributed by atoms with Crippen molar-refractivity contribution in [1.82, 2.24) is 4.90 Å². The van der Waals surface area contributed by atoms with E-state index in [9.17, 15) is 0 Å². The second kappa shape index (κ2) is 7.09. The SMILES string of the molecule is NCC#Cc1ccccc1CN1CCOC2CCCCC21. The number of benzene rings is 1. The van der Waals surface area contributed by atoms with Crippen LogP contribution >= 0.6 is 0 Å². The Morgan fingerprint density at radius 3 is 3.00 bits per heavy atom. The minimum atomic E-state index is 0.413. The van der Waals surface area contributed by atoms with Crippen molar-refractivity contribution in [2.24, 2.45) is 5.73 Å². The highest BCUT2D eigenvalue weighted by Gasteiger charge is 2.34. The molecule has 1 aliphatic carbocycles. The second-order valence-corrected chi connectivity index (χ2v) is 5.89. The van der Waals surface area contributed by atoms with Crippen molar-refractivity contribution in [3.8, 4) is 11.8 Å². The fourth-order valence-corrected chi connectivity index (χ4v) is 3.52. The lowest BCUT2D eigenvalue weighted by Crippen LogP contribution is -2.52. The van der Waals surface area contributed by atoms with Gasteiger partial charge in [0.15, 0.2) is 0 Å². The van der Waals surface area contributed by atoms with Crippen LogP contribution in [0.2, 0.25) is 0 Å². The molecule has 0 amide bonds. The molecule has 2 atom stereocenters. The summed E-state index contributed by atoms with van der Waals surface area (Å²) >= 11 is 0. The summed E-state index contributed by atoms with van der Waals surface area (Å²) < 4.78 is 5.96. The van der Waals surface area contributed by atoms with Crippen LogP contribution in [0.1, 0.15) is 36.8 Å². The predicted octanol–water partition coefficient (Wildman–Crippen LogP) is 2.14. The lowest BCUT2D eigenvalue weighted by Gasteiger charge is -2.44. The van der Waals surface area contributed by atoms with Crippen LogP contribution in [0.4, 0.5) is 0 Å². The Kier molecular flexibility index (Phi) is 4.92. The molecule has 0 bridgehead atoms. The highest BCUT2D eigenvalue weighted by molar-refractivity contribution is 5.41. The van der Waals surface area contributed by atoms with Gasteiger partial charge >= 0.3 is 0 Å². The van der Waals surface area contributed by atoms with Crippen molar-refractivity contribution >= 4 is 0 Å². The second-order valence-electron chi connectivity index (χ2n) is 5.89. The molecule has 2 fully saturated rings. The molecule has 1 saturated carbocycles. The van der Waals surface area contributed by atoms with Crippen molar-refractivity contribution in [1.29, 1.82) is 0 Å². The van der Waals surface area contributed by atoms with Gasteiger partial charge in [-0.2, -0.15) is 0 Å². The summed E-state index contributed by atoms with van der Waals surface area (Å²) in [5.41, 5.74) is 7.92. The molecule has 1 aromatic rings. The molecule has 2 unspecified atom stereocenters. The fourth-order valence-electron chi connectivity index (χ4n) is 3.52. The van der Waals surface area contributed by atoms with Crippen LogP contribution in [0, 0.1) is 11.8 Å². The number of fused-ring (bicyclic) bond motifs is 1. The zero-order chi connectivity index (χ0) is 14.5. The molecule has 3 rings (SSSR count). The van der Waals surface area contributed by atoms with E-state index in [1.54, 1.807) is 0 Å². The van der Waals surface area contributed by atoms with E-state index in [1.165, 1.54) is 31.2 Å². The summed E-state index contributed by atoms with van der Waals surface area (Å²) in [6.07, 6.45) is 5.56. The maximum Gasteiger partial charge on any atom is 0.0731 e. The van der Waals surface area contributed by atoms with Crippen LogP contribution in [-0.4, -0.2) is 36.7 Å². The summed E-state index contributed by atoms with van der Waals surface area (Å²) in [4.78, 5) is 2.59. The van der Waals surface area contributed by atoms with Gasteiger partial charge in [-0.15, -0.1) is 0 Å². The van der Waals surface area contributed by atoms with E-state index in [0.717, 1.165) is 25.3 Å². The highest BCUT2D eigenvalue weighted by Crippen LogP contribution is 2.29. The Hall–Kier alpha value is -1.34. The number of rotatable bonds is 2. The van der Waals surface area contributed by atoms with E-state index in [-0.39, 0.29) is 0 Å². The van der Waals surface area contributed by atoms with Crippen molar-refractivity contribution < 1.29 is 4.74 Å². The van der Waals surface area contributed by atoms with Gasteiger partial charge in [0.05, 0.1) is 19.3 Å². The Morgan fingerprint density at radius 1 is 1.24 bits per heavy atom. The summed E-state index contributed by atoms with van der Waals surface area (Å²) in [5, 5.41) is 0. The Bertz CT molecular complexity index is 530. The molecule has 2 N–H and O–H groups in total. The van der Waals surface area contributed by atoms with Gasteiger partial charge in [0.25, 0.3) is 0 Å². The van der Waals surface area contributed by atoms with E-state index < -0.39 is 0 Å². The molecule has 1 aromatic carbocycles. The molecule has 21 heavy (non-hydrogen) atoms. The summed E-state index contributed by atoms with van der Waals surface area (Å²) in [5.74, 6) is 6.17. The standard InChI is InChI=1S/C18H24N2O/c19-11-5-8-15-6-1-2-7-16(15)14-20-12-13-21-18-10-4-3-9-17(18)20/h1-2,6-7,17-18H,3-4,9-14,19H2. The van der Waals surface area contributed by atoms with Crippen molar-refractivity contribution in [3.63, 3.8) is 0 Å². The Balaban J connectivity index is 1.76. The van der Waals surface area contributed by atoms with E-state index >= 15 is 0 Å². The van der Waals surface area contributed by atoms with Gasteiger partial charge in [0, 0.05) is 24.7 Å². The van der Waals surface area contributed by atoms with Gasteiger partial charge in [-0.1, -0.05) is 42.9 Å². The number of morpholine rings is 1. The van der Waals surface area contributed by atoms with Gasteiger partial charge in [0.1, 0.15) is 0 Å². The third-order valence-electron chi connectivity index (χ3n) is 4.56. The first-order valence-corrected chi connectivity index (χ1v) is 8.01. The summed E-state index contributed by atoms with van der Waals surface area (Å²) in [6, 6.07) is 9.02. The molecule has 1 heterocycles. The molecule has 2 aliphatic rings. The van der Waals surface area contributed by atoms with E-state index in [1.807, 2.05) is 6.07 Å². The maximum atomic E-state index is 5.96. The lowest BCUT2D eigenvalue weighted by molar-refractivity contribution is -0.0911. The van der Waals surface area contributed by atoms with Gasteiger partial charge < -0.3 is 10.5 Å². The molecule has 0 aromatic heterocycles. The first kappa shape index (κ1) is 14.6. The molecule has 0 radical (unpaired) electrons. The smallest absolute Gasteiger partial charge is 0.0731 e. The number of ether oxygens (including phenoxy) is 1. The van der Waals surface area contributed by atoms with Crippen molar-refractivity contribution in [2.75, 3.05) is 19.7 Å². The highest BCUT2D eigenvalue weighted by atomic mass is 16.5. The first-order chi connectivity index (χ1) is 10.4. The molecule has 1 saturated heterocycles. The first-order valence-electron chi connectivity index (χ1n) is 8.01. The number of nitrogens with two attached hydrogens (primary N) is 1. The fraction of sp³-hybridized carbons (Fsp3) is 0.556. The van der Waals surface area contributed by atoms with Crippen molar-refractivity contribution in [3.05, 3.63) is 35.4 Å². The Morgan fingerprint density at radius 2 is 2.10 bits per heavy atom. The van der Waals surface area contributed by atoms with Gasteiger partial charge in [-0.05, 0) is 24.5 Å². The van der Waals surface area contributed by atoms with Crippen LogP contribution in [0.5, 0.6) is 0 Å². The number of nitrogens with zero attached hydrogens (tertiary/aromatic N) is 1. The maximum absolute atomic E-state index is 5.96. The van der Waals surface area contributed by atoms with Crippen molar-refractivity contribution in [2.45, 2.75) is 44.4 Å². The molecule has 1 aliphatic heterocycles. The topological polar surface area (TPSA) is 38.5 Å². The molecule has 0 spiro atoms. The van der Waals surface area contributed by atoms with Crippen LogP contribution in [0.15, 0.2) is 24.3 Å². The quantitative estimate of drug-likeness (QED) is 0.846. The van der Waals surface area contributed by atoms with Crippen LogP contribution in [-0.2, 0) is 11.3 Å². The average molecular weight is 284 g/mol. The third kappa shape index (κ3) is 3.47. The normalized spacial score (nSPS) is 25.8. The third-order valence-corrected chi connectivity index (χ3v) is 4.56. The van der Waals surface area contributed by atoms with E-state index in [4.69, 9.17) is 10.5 Å². The predicted molar refractivity (Wildman–Crippen MR) is 84.8 cm³/mol. The van der Waals surface area contributed by atoms with Gasteiger partial charge in [0.2, 0.25) is 0 Å². The lowest BCUT2D eigenvalue weighted by atomic mass is 9.89. The zero-order valence-electron chi connectivity index (χ0n) is 12.6. The molecule has 3 heteroatoms. The minimum absolute atomic E-state index is 0.413. The number of hydrogen-bond acceptors (Lipinski definition) is 3. The minimum Gasteiger partial charge on any atom is -0.375 e. The molecule has 3 nitrogen and oxygen atoms in total. The van der Waals surface area contributed by atoms with Crippen LogP contribution in [0.3, 0.4) is 0 Å². The largest absolute Gasteiger partial charge is 0.375 e. The number of hydrogen-bond donors (Lipinski definition) is 1. The Labute approximate surface area is 127 Å². The van der Waals surface area contributed by atoms with Crippen LogP contribution < -0.4 is 5.73 Å². The monoisotopic (exact) mass is 284 g/mol. The average Bonchev–Trinajstić information content (AvgIpc) is 2.54.